The van der Waals surface area contributed by atoms with Crippen LogP contribution in [-0.4, -0.2) is 30.7 Å². The summed E-state index contributed by atoms with van der Waals surface area (Å²) in [5, 5.41) is 2.89. The maximum atomic E-state index is 13.2. The molecule has 1 N–H and O–H groups in total. The van der Waals surface area contributed by atoms with Crippen molar-refractivity contribution in [3.8, 4) is 0 Å². The second-order valence-electron chi connectivity index (χ2n) is 6.91. The van der Waals surface area contributed by atoms with E-state index in [-0.39, 0.29) is 22.9 Å². The van der Waals surface area contributed by atoms with Gasteiger partial charge in [0.15, 0.2) is 0 Å². The lowest BCUT2D eigenvalue weighted by Gasteiger charge is -2.26. The molecule has 138 valence electrons. The van der Waals surface area contributed by atoms with Crippen molar-refractivity contribution in [1.82, 2.24) is 9.62 Å². The monoisotopic (exact) mass is 372 g/mol. The van der Waals surface area contributed by atoms with Crippen LogP contribution in [0.15, 0.2) is 59.5 Å². The Balaban J connectivity index is 1.88. The number of carbonyl (C=O) groups excluding carboxylic acids is 1. The summed E-state index contributed by atoms with van der Waals surface area (Å²) in [5.41, 5.74) is 1.30. The van der Waals surface area contributed by atoms with E-state index in [1.54, 1.807) is 18.2 Å². The first-order valence-electron chi connectivity index (χ1n) is 8.84. The zero-order valence-electron chi connectivity index (χ0n) is 15.1. The molecular formula is C20H24N2O3S. The lowest BCUT2D eigenvalue weighted by molar-refractivity contribution is 0.0951. The van der Waals surface area contributed by atoms with Gasteiger partial charge in [-0.15, -0.1) is 0 Å². The predicted octanol–water partition coefficient (Wildman–Crippen LogP) is 3.18. The smallest absolute Gasteiger partial charge is 0.251 e. The summed E-state index contributed by atoms with van der Waals surface area (Å²) in [5.74, 6) is -0.219. The van der Waals surface area contributed by atoms with E-state index >= 15 is 0 Å². The maximum absolute atomic E-state index is 13.2. The van der Waals surface area contributed by atoms with Gasteiger partial charge in [-0.05, 0) is 50.5 Å². The molecule has 0 saturated heterocycles. The van der Waals surface area contributed by atoms with Crippen molar-refractivity contribution < 1.29 is 13.2 Å². The van der Waals surface area contributed by atoms with Crippen molar-refractivity contribution >= 4 is 15.9 Å². The highest BCUT2D eigenvalue weighted by Crippen LogP contribution is 2.23. The molecule has 1 aliphatic rings. The van der Waals surface area contributed by atoms with Crippen molar-refractivity contribution in [3.05, 3.63) is 65.7 Å². The number of amides is 1. The zero-order chi connectivity index (χ0) is 18.7. The van der Waals surface area contributed by atoms with E-state index < -0.39 is 10.0 Å². The summed E-state index contributed by atoms with van der Waals surface area (Å²) in [7, 11) is -3.71. The van der Waals surface area contributed by atoms with Crippen LogP contribution >= 0.6 is 0 Å². The predicted molar refractivity (Wildman–Crippen MR) is 101 cm³/mol. The topological polar surface area (TPSA) is 66.5 Å². The Morgan fingerprint density at radius 3 is 2.42 bits per heavy atom. The number of nitrogens with one attached hydrogen (secondary N) is 1. The third kappa shape index (κ3) is 4.31. The van der Waals surface area contributed by atoms with Gasteiger partial charge < -0.3 is 5.32 Å². The van der Waals surface area contributed by atoms with Gasteiger partial charge in [0.05, 0.1) is 4.90 Å². The Morgan fingerprint density at radius 2 is 1.81 bits per heavy atom. The summed E-state index contributed by atoms with van der Waals surface area (Å²) in [4.78, 5) is 12.4. The molecule has 5 nitrogen and oxygen atoms in total. The number of sulfonamides is 1. The molecule has 3 rings (SSSR count). The maximum Gasteiger partial charge on any atom is 0.251 e. The van der Waals surface area contributed by atoms with Crippen LogP contribution < -0.4 is 5.32 Å². The van der Waals surface area contributed by atoms with E-state index in [2.05, 4.69) is 5.32 Å². The third-order valence-electron chi connectivity index (χ3n) is 4.37. The molecule has 1 fully saturated rings. The van der Waals surface area contributed by atoms with Crippen LogP contribution in [-0.2, 0) is 16.6 Å². The normalized spacial score (nSPS) is 14.6. The summed E-state index contributed by atoms with van der Waals surface area (Å²) < 4.78 is 27.8. The minimum Gasteiger partial charge on any atom is -0.349 e. The van der Waals surface area contributed by atoms with Crippen LogP contribution in [0.25, 0.3) is 0 Å². The van der Waals surface area contributed by atoms with Crippen LogP contribution in [0, 0.1) is 0 Å². The number of benzene rings is 2. The Morgan fingerprint density at radius 1 is 1.12 bits per heavy atom. The Labute approximate surface area is 155 Å². The number of hydrogen-bond acceptors (Lipinski definition) is 3. The van der Waals surface area contributed by atoms with Gasteiger partial charge in [-0.1, -0.05) is 36.4 Å². The molecular weight excluding hydrogens is 348 g/mol. The van der Waals surface area contributed by atoms with Crippen LogP contribution in [0.2, 0.25) is 0 Å². The molecule has 0 bridgehead atoms. The summed E-state index contributed by atoms with van der Waals surface area (Å²) in [6.07, 6.45) is 1.98. The molecule has 2 aromatic rings. The molecule has 6 heteroatoms. The van der Waals surface area contributed by atoms with Crippen molar-refractivity contribution in [2.75, 3.05) is 0 Å². The Hall–Kier alpha value is -2.18. The molecule has 2 aromatic carbocycles. The van der Waals surface area contributed by atoms with Gasteiger partial charge in [0.2, 0.25) is 10.0 Å². The fourth-order valence-electron chi connectivity index (χ4n) is 2.74. The lowest BCUT2D eigenvalue weighted by Crippen LogP contribution is -2.36. The standard InChI is InChI=1S/C20H24N2O3S/c1-15(2)22(14-16-7-4-3-5-8-16)26(24,25)19-10-6-9-17(13-19)20(23)21-18-11-12-18/h3-10,13,15,18H,11-12,14H2,1-2H3,(H,21,23). The van der Waals surface area contributed by atoms with E-state index in [9.17, 15) is 13.2 Å². The quantitative estimate of drug-likeness (QED) is 0.812. The molecule has 0 aromatic heterocycles. The first kappa shape index (κ1) is 18.6. The summed E-state index contributed by atoms with van der Waals surface area (Å²) >= 11 is 0. The molecule has 0 heterocycles. The molecule has 0 spiro atoms. The lowest BCUT2D eigenvalue weighted by atomic mass is 10.2. The van der Waals surface area contributed by atoms with Gasteiger partial charge in [-0.2, -0.15) is 4.31 Å². The first-order valence-corrected chi connectivity index (χ1v) is 10.3. The van der Waals surface area contributed by atoms with Crippen molar-refractivity contribution in [1.29, 1.82) is 0 Å². The van der Waals surface area contributed by atoms with Gasteiger partial charge in [0, 0.05) is 24.2 Å². The van der Waals surface area contributed by atoms with Crippen LogP contribution in [0.1, 0.15) is 42.6 Å². The van der Waals surface area contributed by atoms with E-state index in [4.69, 9.17) is 0 Å². The summed E-state index contributed by atoms with van der Waals surface area (Å²) in [6.45, 7) is 3.99. The van der Waals surface area contributed by atoms with E-state index in [0.717, 1.165) is 18.4 Å². The van der Waals surface area contributed by atoms with Crippen LogP contribution in [0.4, 0.5) is 0 Å². The van der Waals surface area contributed by atoms with E-state index in [1.165, 1.54) is 10.4 Å². The minimum atomic E-state index is -3.71. The average Bonchev–Trinajstić information content (AvgIpc) is 3.44. The van der Waals surface area contributed by atoms with Crippen molar-refractivity contribution in [3.63, 3.8) is 0 Å². The summed E-state index contributed by atoms with van der Waals surface area (Å²) in [6, 6.07) is 15.8. The van der Waals surface area contributed by atoms with Crippen LogP contribution in [0.3, 0.4) is 0 Å². The SMILES string of the molecule is CC(C)N(Cc1ccccc1)S(=O)(=O)c1cccc(C(=O)NC2CC2)c1. The van der Waals surface area contributed by atoms with Gasteiger partial charge in [-0.3, -0.25) is 4.79 Å². The second kappa shape index (κ2) is 7.60. The molecule has 0 unspecified atom stereocenters. The highest BCUT2D eigenvalue weighted by atomic mass is 32.2. The second-order valence-corrected chi connectivity index (χ2v) is 8.80. The van der Waals surface area contributed by atoms with Gasteiger partial charge in [-0.25, -0.2) is 8.42 Å². The Bertz CT molecular complexity index is 875. The third-order valence-corrected chi connectivity index (χ3v) is 6.39. The van der Waals surface area contributed by atoms with E-state index in [1.807, 2.05) is 44.2 Å². The number of nitrogens with zero attached hydrogens (tertiary/aromatic N) is 1. The number of hydrogen-bond donors (Lipinski definition) is 1. The van der Waals surface area contributed by atoms with Gasteiger partial charge in [0.25, 0.3) is 5.91 Å². The van der Waals surface area contributed by atoms with Gasteiger partial charge >= 0.3 is 0 Å². The zero-order valence-corrected chi connectivity index (χ0v) is 15.9. The fourth-order valence-corrected chi connectivity index (χ4v) is 4.41. The molecule has 1 saturated carbocycles. The average molecular weight is 372 g/mol. The largest absolute Gasteiger partial charge is 0.349 e. The highest BCUT2D eigenvalue weighted by molar-refractivity contribution is 7.89. The Kier molecular flexibility index (Phi) is 5.44. The van der Waals surface area contributed by atoms with Gasteiger partial charge in [0.1, 0.15) is 0 Å². The molecule has 0 radical (unpaired) electrons. The molecule has 0 atom stereocenters. The van der Waals surface area contributed by atoms with Crippen molar-refractivity contribution in [2.24, 2.45) is 0 Å². The molecule has 0 aliphatic heterocycles. The highest BCUT2D eigenvalue weighted by Gasteiger charge is 2.29. The van der Waals surface area contributed by atoms with Crippen molar-refractivity contribution in [2.45, 2.75) is 50.2 Å². The van der Waals surface area contributed by atoms with Crippen LogP contribution in [0.5, 0.6) is 0 Å². The molecule has 1 amide bonds. The number of rotatable bonds is 7. The molecule has 26 heavy (non-hydrogen) atoms. The fraction of sp³-hybridized carbons (Fsp3) is 0.350. The van der Waals surface area contributed by atoms with E-state index in [0.29, 0.717) is 12.1 Å². The number of carbonyl (C=O) groups is 1. The minimum absolute atomic E-state index is 0.144. The molecule has 1 aliphatic carbocycles. The first-order chi connectivity index (χ1) is 12.4.